The van der Waals surface area contributed by atoms with Crippen LogP contribution < -0.4 is 11.1 Å². The molecule has 0 aliphatic rings. The average molecular weight is 347 g/mol. The summed E-state index contributed by atoms with van der Waals surface area (Å²) in [5.41, 5.74) is 9.32. The maximum Gasteiger partial charge on any atom is 0.221 e. The molecule has 0 aliphatic heterocycles. The first-order valence-corrected chi connectivity index (χ1v) is 8.11. The summed E-state index contributed by atoms with van der Waals surface area (Å²) < 4.78 is 7.16. The quantitative estimate of drug-likeness (QED) is 0.591. The van der Waals surface area contributed by atoms with Crippen LogP contribution in [0.25, 0.3) is 28.4 Å². The molecule has 0 saturated heterocycles. The summed E-state index contributed by atoms with van der Waals surface area (Å²) in [4.78, 5) is 15.8. The van der Waals surface area contributed by atoms with Crippen LogP contribution in [0.15, 0.2) is 52.9 Å². The number of nitrogens with two attached hydrogens (primary N) is 1. The third kappa shape index (κ3) is 2.90. The van der Waals surface area contributed by atoms with E-state index in [4.69, 9.17) is 10.2 Å². The van der Waals surface area contributed by atoms with E-state index in [0.29, 0.717) is 23.0 Å². The largest absolute Gasteiger partial charge is 0.458 e. The van der Waals surface area contributed by atoms with Gasteiger partial charge in [0.15, 0.2) is 11.4 Å². The highest BCUT2D eigenvalue weighted by atomic mass is 16.3. The highest BCUT2D eigenvalue weighted by molar-refractivity contribution is 5.89. The Balaban J connectivity index is 1.78. The van der Waals surface area contributed by atoms with Crippen LogP contribution >= 0.6 is 0 Å². The lowest BCUT2D eigenvalue weighted by Crippen LogP contribution is -2.05. The minimum atomic E-state index is -0.118. The van der Waals surface area contributed by atoms with Crippen LogP contribution in [0.1, 0.15) is 12.7 Å². The van der Waals surface area contributed by atoms with Gasteiger partial charge in [-0.3, -0.25) is 4.79 Å². The number of aromatic nitrogens is 3. The summed E-state index contributed by atoms with van der Waals surface area (Å²) >= 11 is 0. The summed E-state index contributed by atoms with van der Waals surface area (Å²) in [5.74, 6) is 2.22. The lowest BCUT2D eigenvalue weighted by molar-refractivity contribution is -0.114. The maximum absolute atomic E-state index is 11.3. The van der Waals surface area contributed by atoms with E-state index >= 15 is 0 Å². The molecule has 0 aliphatic carbocycles. The summed E-state index contributed by atoms with van der Waals surface area (Å²) in [6.07, 6.45) is 0. The Kier molecular flexibility index (Phi) is 3.69. The van der Waals surface area contributed by atoms with E-state index in [1.165, 1.54) is 6.92 Å². The number of carbonyl (C=O) groups excluding carboxylic acids is 1. The van der Waals surface area contributed by atoms with E-state index in [9.17, 15) is 4.79 Å². The topological polar surface area (TPSA) is 98.5 Å². The number of amides is 1. The fraction of sp³-hybridized carbons (Fsp3) is 0.105. The first-order valence-electron chi connectivity index (χ1n) is 8.11. The summed E-state index contributed by atoms with van der Waals surface area (Å²) in [6.45, 7) is 3.35. The molecule has 0 saturated carbocycles. The van der Waals surface area contributed by atoms with Gasteiger partial charge in [-0.05, 0) is 54.4 Å². The molecule has 0 radical (unpaired) electrons. The number of benzene rings is 1. The van der Waals surface area contributed by atoms with Crippen LogP contribution in [0, 0.1) is 6.92 Å². The van der Waals surface area contributed by atoms with Gasteiger partial charge in [0.25, 0.3) is 0 Å². The third-order valence-corrected chi connectivity index (χ3v) is 3.94. The van der Waals surface area contributed by atoms with Crippen molar-refractivity contribution >= 4 is 23.1 Å². The van der Waals surface area contributed by atoms with Crippen molar-refractivity contribution in [2.24, 2.45) is 0 Å². The number of hydrogen-bond acceptors (Lipinski definition) is 5. The highest BCUT2D eigenvalue weighted by Gasteiger charge is 2.13. The van der Waals surface area contributed by atoms with Gasteiger partial charge in [0.2, 0.25) is 11.7 Å². The molecule has 130 valence electrons. The van der Waals surface area contributed by atoms with Crippen molar-refractivity contribution in [2.75, 3.05) is 11.1 Å². The number of fused-ring (bicyclic) bond motifs is 1. The Hall–Kier alpha value is -3.61. The molecule has 3 N–H and O–H groups in total. The van der Waals surface area contributed by atoms with E-state index in [1.807, 2.05) is 55.5 Å². The van der Waals surface area contributed by atoms with E-state index in [-0.39, 0.29) is 5.91 Å². The zero-order valence-electron chi connectivity index (χ0n) is 14.4. The molecule has 0 bridgehead atoms. The molecule has 4 aromatic rings. The second-order valence-corrected chi connectivity index (χ2v) is 6.05. The zero-order chi connectivity index (χ0) is 18.3. The average Bonchev–Trinajstić information content (AvgIpc) is 3.20. The van der Waals surface area contributed by atoms with Crippen molar-refractivity contribution in [1.82, 2.24) is 14.6 Å². The standard InChI is InChI=1S/C19H17N5O2/c1-11-6-7-16(26-11)19-22-18-10-14(9-17(20)24(18)23-19)13-4-3-5-15(8-13)21-12(2)25/h3-10H,20H2,1-2H3,(H,21,25). The molecule has 0 unspecified atom stereocenters. The van der Waals surface area contributed by atoms with Gasteiger partial charge in [0.05, 0.1) is 0 Å². The van der Waals surface area contributed by atoms with Crippen LogP contribution in [0.5, 0.6) is 0 Å². The second-order valence-electron chi connectivity index (χ2n) is 6.05. The molecule has 3 aromatic heterocycles. The second kappa shape index (κ2) is 6.03. The molecule has 0 spiro atoms. The SMILES string of the molecule is CC(=O)Nc1cccc(-c2cc(N)n3nc(-c4ccc(C)o4)nc3c2)c1. The van der Waals surface area contributed by atoms with Crippen molar-refractivity contribution in [3.05, 3.63) is 54.3 Å². The molecular formula is C19H17N5O2. The van der Waals surface area contributed by atoms with E-state index in [2.05, 4.69) is 15.4 Å². The summed E-state index contributed by atoms with van der Waals surface area (Å²) in [7, 11) is 0. The number of nitrogens with zero attached hydrogens (tertiary/aromatic N) is 3. The Morgan fingerprint density at radius 1 is 1.15 bits per heavy atom. The first kappa shape index (κ1) is 15.9. The minimum absolute atomic E-state index is 0.118. The number of nitrogens with one attached hydrogen (secondary N) is 1. The molecular weight excluding hydrogens is 330 g/mol. The predicted octanol–water partition coefficient (Wildman–Crippen LogP) is 3.51. The number of pyridine rings is 1. The van der Waals surface area contributed by atoms with Crippen LogP contribution in [0.3, 0.4) is 0 Å². The monoisotopic (exact) mass is 347 g/mol. The Labute approximate surface area is 149 Å². The number of furan rings is 1. The number of aryl methyl sites for hydroxylation is 1. The van der Waals surface area contributed by atoms with E-state index in [0.717, 1.165) is 22.6 Å². The molecule has 7 heteroatoms. The van der Waals surface area contributed by atoms with E-state index in [1.54, 1.807) is 4.52 Å². The number of carbonyl (C=O) groups is 1. The Morgan fingerprint density at radius 3 is 2.73 bits per heavy atom. The number of rotatable bonds is 3. The molecule has 0 atom stereocenters. The molecule has 26 heavy (non-hydrogen) atoms. The molecule has 7 nitrogen and oxygen atoms in total. The van der Waals surface area contributed by atoms with Crippen LogP contribution in [-0.2, 0) is 4.79 Å². The lowest BCUT2D eigenvalue weighted by atomic mass is 10.1. The molecule has 0 fully saturated rings. The smallest absolute Gasteiger partial charge is 0.221 e. The summed E-state index contributed by atoms with van der Waals surface area (Å²) in [6, 6.07) is 15.0. The fourth-order valence-electron chi connectivity index (χ4n) is 2.81. The Morgan fingerprint density at radius 2 is 2.00 bits per heavy atom. The molecule has 3 heterocycles. The number of nitrogen functional groups attached to an aromatic ring is 1. The number of anilines is 2. The highest BCUT2D eigenvalue weighted by Crippen LogP contribution is 2.27. The van der Waals surface area contributed by atoms with Gasteiger partial charge in [-0.15, -0.1) is 5.10 Å². The van der Waals surface area contributed by atoms with Gasteiger partial charge in [-0.2, -0.15) is 4.52 Å². The van der Waals surface area contributed by atoms with Crippen molar-refractivity contribution in [3.8, 4) is 22.7 Å². The maximum atomic E-state index is 11.3. The van der Waals surface area contributed by atoms with Crippen LogP contribution in [-0.4, -0.2) is 20.5 Å². The van der Waals surface area contributed by atoms with Crippen molar-refractivity contribution in [3.63, 3.8) is 0 Å². The fourth-order valence-corrected chi connectivity index (χ4v) is 2.81. The number of hydrogen-bond donors (Lipinski definition) is 2. The van der Waals surface area contributed by atoms with Crippen molar-refractivity contribution in [2.45, 2.75) is 13.8 Å². The van der Waals surface area contributed by atoms with Crippen LogP contribution in [0.2, 0.25) is 0 Å². The Bertz CT molecular complexity index is 1130. The molecule has 4 rings (SSSR count). The summed E-state index contributed by atoms with van der Waals surface area (Å²) in [5, 5.41) is 7.20. The van der Waals surface area contributed by atoms with Gasteiger partial charge in [0.1, 0.15) is 11.6 Å². The van der Waals surface area contributed by atoms with Gasteiger partial charge < -0.3 is 15.5 Å². The first-order chi connectivity index (χ1) is 12.5. The normalized spacial score (nSPS) is 11.0. The zero-order valence-corrected chi connectivity index (χ0v) is 14.4. The van der Waals surface area contributed by atoms with Gasteiger partial charge in [-0.25, -0.2) is 4.98 Å². The van der Waals surface area contributed by atoms with Gasteiger partial charge in [-0.1, -0.05) is 12.1 Å². The lowest BCUT2D eigenvalue weighted by Gasteiger charge is -2.07. The van der Waals surface area contributed by atoms with Crippen LogP contribution in [0.4, 0.5) is 11.5 Å². The van der Waals surface area contributed by atoms with Crippen molar-refractivity contribution in [1.29, 1.82) is 0 Å². The molecule has 1 aromatic carbocycles. The van der Waals surface area contributed by atoms with Gasteiger partial charge in [0, 0.05) is 12.6 Å². The predicted molar refractivity (Wildman–Crippen MR) is 99.6 cm³/mol. The molecule has 1 amide bonds. The van der Waals surface area contributed by atoms with Crippen molar-refractivity contribution < 1.29 is 9.21 Å². The van der Waals surface area contributed by atoms with E-state index < -0.39 is 0 Å². The third-order valence-electron chi connectivity index (χ3n) is 3.94. The van der Waals surface area contributed by atoms with Gasteiger partial charge >= 0.3 is 0 Å². The minimum Gasteiger partial charge on any atom is -0.458 e.